The normalized spacial score (nSPS) is 9.82. The monoisotopic (exact) mass is 146 g/mol. The summed E-state index contributed by atoms with van der Waals surface area (Å²) in [6, 6.07) is 1.87. The molecule has 2 aromatic rings. The van der Waals surface area contributed by atoms with Crippen LogP contribution in [0.15, 0.2) is 41.7 Å². The van der Waals surface area contributed by atoms with Crippen molar-refractivity contribution >= 4 is 0 Å². The van der Waals surface area contributed by atoms with Crippen molar-refractivity contribution in [3.8, 4) is 11.1 Å². The Labute approximate surface area is 63.7 Å². The summed E-state index contributed by atoms with van der Waals surface area (Å²) in [4.78, 5) is 7.78. The number of hydrogen-bond donors (Lipinski definition) is 0. The Bertz CT molecular complexity index is 315. The van der Waals surface area contributed by atoms with Crippen molar-refractivity contribution in [2.24, 2.45) is 0 Å². The summed E-state index contributed by atoms with van der Waals surface area (Å²) >= 11 is 0. The fourth-order valence-corrected chi connectivity index (χ4v) is 0.877. The third-order valence-corrected chi connectivity index (χ3v) is 1.42. The molecule has 0 saturated heterocycles. The van der Waals surface area contributed by atoms with E-state index in [1.54, 1.807) is 24.9 Å². The fraction of sp³-hybridized carbons (Fsp3) is 0. The molecule has 0 bridgehead atoms. The molecule has 0 N–H and O–H groups in total. The lowest BCUT2D eigenvalue weighted by Crippen LogP contribution is -1.78. The highest BCUT2D eigenvalue weighted by atomic mass is 16.3. The number of furan rings is 1. The van der Waals surface area contributed by atoms with Crippen molar-refractivity contribution in [2.45, 2.75) is 0 Å². The average molecular weight is 146 g/mol. The minimum atomic E-state index is 0.973. The van der Waals surface area contributed by atoms with Crippen molar-refractivity contribution in [2.75, 3.05) is 0 Å². The molecule has 0 unspecified atom stereocenters. The Morgan fingerprint density at radius 3 is 2.55 bits per heavy atom. The molecule has 2 aromatic heterocycles. The molecule has 2 rings (SSSR count). The highest BCUT2D eigenvalue weighted by Gasteiger charge is 1.96. The quantitative estimate of drug-likeness (QED) is 0.615. The van der Waals surface area contributed by atoms with E-state index >= 15 is 0 Å². The zero-order valence-electron chi connectivity index (χ0n) is 5.77. The Morgan fingerprint density at radius 2 is 1.91 bits per heavy atom. The maximum absolute atomic E-state index is 4.91. The third-order valence-electron chi connectivity index (χ3n) is 1.42. The van der Waals surface area contributed by atoms with Gasteiger partial charge in [0.25, 0.3) is 0 Å². The van der Waals surface area contributed by atoms with Crippen LogP contribution in [0.25, 0.3) is 11.1 Å². The van der Waals surface area contributed by atoms with E-state index in [-0.39, 0.29) is 0 Å². The van der Waals surface area contributed by atoms with Crippen molar-refractivity contribution in [1.29, 1.82) is 0 Å². The van der Waals surface area contributed by atoms with E-state index in [1.807, 2.05) is 6.07 Å². The van der Waals surface area contributed by atoms with Crippen molar-refractivity contribution < 1.29 is 4.42 Å². The minimum absolute atomic E-state index is 0.973. The lowest BCUT2D eigenvalue weighted by atomic mass is 10.2. The van der Waals surface area contributed by atoms with Gasteiger partial charge in [0.15, 0.2) is 0 Å². The fourth-order valence-electron chi connectivity index (χ4n) is 0.877. The van der Waals surface area contributed by atoms with E-state index in [0.29, 0.717) is 0 Å². The molecule has 3 nitrogen and oxygen atoms in total. The maximum Gasteiger partial charge on any atom is 0.115 e. The van der Waals surface area contributed by atoms with Gasteiger partial charge in [-0.25, -0.2) is 9.97 Å². The van der Waals surface area contributed by atoms with E-state index in [4.69, 9.17) is 4.42 Å². The van der Waals surface area contributed by atoms with Crippen LogP contribution in [0.2, 0.25) is 0 Å². The molecule has 0 radical (unpaired) electrons. The van der Waals surface area contributed by atoms with E-state index in [2.05, 4.69) is 9.97 Å². The van der Waals surface area contributed by atoms with Gasteiger partial charge in [0.05, 0.1) is 12.5 Å². The van der Waals surface area contributed by atoms with Crippen molar-refractivity contribution in [3.05, 3.63) is 37.3 Å². The SMILES string of the molecule is c1ncc(-c2ccoc2)cn1. The Morgan fingerprint density at radius 1 is 1.09 bits per heavy atom. The first-order chi connectivity index (χ1) is 5.47. The number of nitrogens with zero attached hydrogens (tertiary/aromatic N) is 2. The third kappa shape index (κ3) is 1.12. The topological polar surface area (TPSA) is 38.9 Å². The largest absolute Gasteiger partial charge is 0.472 e. The predicted octanol–water partition coefficient (Wildman–Crippen LogP) is 1.74. The van der Waals surface area contributed by atoms with Crippen LogP contribution in [0.4, 0.5) is 0 Å². The molecule has 3 heteroatoms. The van der Waals surface area contributed by atoms with Crippen molar-refractivity contribution in [3.63, 3.8) is 0 Å². The molecule has 0 aliphatic carbocycles. The van der Waals surface area contributed by atoms with Crippen molar-refractivity contribution in [1.82, 2.24) is 9.97 Å². The number of rotatable bonds is 1. The first kappa shape index (κ1) is 6.09. The summed E-state index contributed by atoms with van der Waals surface area (Å²) in [5, 5.41) is 0. The summed E-state index contributed by atoms with van der Waals surface area (Å²) in [6.45, 7) is 0. The number of aromatic nitrogens is 2. The second-order valence-corrected chi connectivity index (χ2v) is 2.14. The highest BCUT2D eigenvalue weighted by Crippen LogP contribution is 2.16. The Balaban J connectivity index is 2.46. The molecule has 0 fully saturated rings. The molecule has 2 heterocycles. The van der Waals surface area contributed by atoms with Crippen LogP contribution in [0.1, 0.15) is 0 Å². The first-order valence-corrected chi connectivity index (χ1v) is 3.24. The highest BCUT2D eigenvalue weighted by molar-refractivity contribution is 5.59. The summed E-state index contributed by atoms with van der Waals surface area (Å²) < 4.78 is 4.91. The summed E-state index contributed by atoms with van der Waals surface area (Å²) in [6.07, 6.45) is 8.29. The van der Waals surface area contributed by atoms with Gasteiger partial charge in [0.2, 0.25) is 0 Å². The molecular weight excluding hydrogens is 140 g/mol. The Hall–Kier alpha value is -1.64. The van der Waals surface area contributed by atoms with Gasteiger partial charge >= 0.3 is 0 Å². The van der Waals surface area contributed by atoms with E-state index in [0.717, 1.165) is 11.1 Å². The van der Waals surface area contributed by atoms with Gasteiger partial charge in [0.1, 0.15) is 6.33 Å². The van der Waals surface area contributed by atoms with Crippen LogP contribution in [0, 0.1) is 0 Å². The van der Waals surface area contributed by atoms with E-state index in [1.165, 1.54) is 6.33 Å². The minimum Gasteiger partial charge on any atom is -0.472 e. The number of hydrogen-bond acceptors (Lipinski definition) is 3. The molecular formula is C8H6N2O. The van der Waals surface area contributed by atoms with Gasteiger partial charge in [-0.05, 0) is 6.07 Å². The molecule has 0 aliphatic heterocycles. The summed E-state index contributed by atoms with van der Waals surface area (Å²) in [5.41, 5.74) is 1.98. The molecule has 0 aliphatic rings. The predicted molar refractivity (Wildman–Crippen MR) is 39.7 cm³/mol. The maximum atomic E-state index is 4.91. The van der Waals surface area contributed by atoms with E-state index in [9.17, 15) is 0 Å². The van der Waals surface area contributed by atoms with Crippen LogP contribution < -0.4 is 0 Å². The van der Waals surface area contributed by atoms with Crippen LogP contribution >= 0.6 is 0 Å². The summed E-state index contributed by atoms with van der Waals surface area (Å²) in [5.74, 6) is 0. The smallest absolute Gasteiger partial charge is 0.115 e. The molecule has 0 aromatic carbocycles. The van der Waals surface area contributed by atoms with E-state index < -0.39 is 0 Å². The zero-order chi connectivity index (χ0) is 7.52. The zero-order valence-corrected chi connectivity index (χ0v) is 5.77. The average Bonchev–Trinajstić information content (AvgIpc) is 2.58. The molecule has 0 atom stereocenters. The van der Waals surface area contributed by atoms with Crippen LogP contribution in [-0.2, 0) is 0 Å². The Kier molecular flexibility index (Phi) is 1.41. The lowest BCUT2D eigenvalue weighted by molar-refractivity contribution is 0.568. The lowest BCUT2D eigenvalue weighted by Gasteiger charge is -1.90. The second-order valence-electron chi connectivity index (χ2n) is 2.14. The van der Waals surface area contributed by atoms with Crippen LogP contribution in [0.5, 0.6) is 0 Å². The van der Waals surface area contributed by atoms with Crippen LogP contribution in [-0.4, -0.2) is 9.97 Å². The van der Waals surface area contributed by atoms with Gasteiger partial charge in [-0.3, -0.25) is 0 Å². The van der Waals surface area contributed by atoms with Gasteiger partial charge in [-0.1, -0.05) is 0 Å². The van der Waals surface area contributed by atoms with Gasteiger partial charge in [-0.2, -0.15) is 0 Å². The summed E-state index contributed by atoms with van der Waals surface area (Å²) in [7, 11) is 0. The first-order valence-electron chi connectivity index (χ1n) is 3.24. The van der Waals surface area contributed by atoms with Gasteiger partial charge < -0.3 is 4.42 Å². The molecule has 54 valence electrons. The molecule has 0 amide bonds. The standard InChI is InChI=1S/C8H6N2O/c1-2-11-5-7(1)8-3-9-6-10-4-8/h1-6H. The van der Waals surface area contributed by atoms with Crippen LogP contribution in [0.3, 0.4) is 0 Å². The molecule has 11 heavy (non-hydrogen) atoms. The van der Waals surface area contributed by atoms with Gasteiger partial charge in [-0.15, -0.1) is 0 Å². The van der Waals surface area contributed by atoms with Gasteiger partial charge in [0, 0.05) is 23.5 Å². The molecule has 0 saturated carbocycles. The molecule has 0 spiro atoms. The second kappa shape index (κ2) is 2.54.